The van der Waals surface area contributed by atoms with Crippen LogP contribution in [0.4, 0.5) is 0 Å². The van der Waals surface area contributed by atoms with E-state index in [1.807, 2.05) is 54.7 Å². The molecule has 0 radical (unpaired) electrons. The highest BCUT2D eigenvalue weighted by atomic mass is 35.5. The number of halogens is 1. The third-order valence-corrected chi connectivity index (χ3v) is 4.90. The average Bonchev–Trinajstić information content (AvgIpc) is 3.15. The van der Waals surface area contributed by atoms with E-state index < -0.39 is 0 Å². The number of benzene rings is 2. The van der Waals surface area contributed by atoms with E-state index in [1.165, 1.54) is 0 Å². The van der Waals surface area contributed by atoms with Crippen molar-refractivity contribution >= 4 is 17.5 Å². The molecular formula is C23H23ClN2O2. The lowest BCUT2D eigenvalue weighted by atomic mass is 10.1. The number of methoxy groups -OCH3 is 1. The Morgan fingerprint density at radius 3 is 2.75 bits per heavy atom. The highest BCUT2D eigenvalue weighted by Gasteiger charge is 2.17. The zero-order chi connectivity index (χ0) is 19.9. The van der Waals surface area contributed by atoms with Crippen molar-refractivity contribution in [3.05, 3.63) is 101 Å². The molecule has 2 aromatic carbocycles. The van der Waals surface area contributed by atoms with Crippen LogP contribution in [0.15, 0.2) is 79.5 Å². The molecule has 144 valence electrons. The van der Waals surface area contributed by atoms with Gasteiger partial charge in [-0.3, -0.25) is 4.79 Å². The van der Waals surface area contributed by atoms with Gasteiger partial charge in [0.05, 0.1) is 13.7 Å². The molecule has 1 heterocycles. The van der Waals surface area contributed by atoms with Gasteiger partial charge in [0.1, 0.15) is 5.75 Å². The maximum atomic E-state index is 13.0. The monoisotopic (exact) mass is 394 g/mol. The van der Waals surface area contributed by atoms with Gasteiger partial charge >= 0.3 is 0 Å². The third-order valence-electron chi connectivity index (χ3n) is 4.53. The Labute approximate surface area is 170 Å². The summed E-state index contributed by atoms with van der Waals surface area (Å²) >= 11 is 6.31. The van der Waals surface area contributed by atoms with Gasteiger partial charge in [0.15, 0.2) is 0 Å². The predicted molar refractivity (Wildman–Crippen MR) is 113 cm³/mol. The summed E-state index contributed by atoms with van der Waals surface area (Å²) in [7, 11) is 1.59. The van der Waals surface area contributed by atoms with Gasteiger partial charge in [-0.1, -0.05) is 41.9 Å². The van der Waals surface area contributed by atoms with Crippen LogP contribution in [0.3, 0.4) is 0 Å². The fourth-order valence-corrected chi connectivity index (χ4v) is 3.26. The number of rotatable bonds is 8. The first-order chi connectivity index (χ1) is 13.6. The predicted octanol–water partition coefficient (Wildman–Crippen LogP) is 5.03. The van der Waals surface area contributed by atoms with E-state index in [4.69, 9.17) is 16.3 Å². The van der Waals surface area contributed by atoms with Crippen LogP contribution in [0.1, 0.15) is 21.6 Å². The van der Waals surface area contributed by atoms with Gasteiger partial charge in [0.25, 0.3) is 5.91 Å². The number of nitrogens with zero attached hydrogens (tertiary/aromatic N) is 2. The van der Waals surface area contributed by atoms with Gasteiger partial charge in [-0.2, -0.15) is 0 Å². The quantitative estimate of drug-likeness (QED) is 0.502. The second-order valence-electron chi connectivity index (χ2n) is 6.43. The molecule has 4 nitrogen and oxygen atoms in total. The molecule has 1 amide bonds. The molecule has 3 rings (SSSR count). The lowest BCUT2D eigenvalue weighted by Crippen LogP contribution is -2.31. The Kier molecular flexibility index (Phi) is 6.56. The van der Waals surface area contributed by atoms with Crippen molar-refractivity contribution in [3.63, 3.8) is 0 Å². The molecule has 0 N–H and O–H groups in total. The molecular weight excluding hydrogens is 372 g/mol. The Hall–Kier alpha value is -2.98. The minimum Gasteiger partial charge on any atom is -0.497 e. The first-order valence-electron chi connectivity index (χ1n) is 9.04. The number of aromatic nitrogens is 1. The molecule has 0 fully saturated rings. The van der Waals surface area contributed by atoms with Gasteiger partial charge in [-0.25, -0.2) is 0 Å². The standard InChI is InChI=1S/C23H23ClN2O2/c1-3-13-26(23(27)18-9-6-11-21(15-18)28-2)17-20-10-7-14-25(20)16-19-8-4-5-12-22(19)24/h3-12,14-15H,1,13,16-17H2,2H3. The van der Waals surface area contributed by atoms with Gasteiger partial charge in [-0.05, 0) is 42.0 Å². The van der Waals surface area contributed by atoms with Crippen molar-refractivity contribution in [2.75, 3.05) is 13.7 Å². The van der Waals surface area contributed by atoms with Crippen molar-refractivity contribution in [1.82, 2.24) is 9.47 Å². The molecule has 0 saturated carbocycles. The maximum Gasteiger partial charge on any atom is 0.254 e. The van der Waals surface area contributed by atoms with Crippen LogP contribution in [0.5, 0.6) is 5.75 Å². The number of carbonyl (C=O) groups excluding carboxylic acids is 1. The van der Waals surface area contributed by atoms with Crippen molar-refractivity contribution in [3.8, 4) is 5.75 Å². The molecule has 0 unspecified atom stereocenters. The van der Waals surface area contributed by atoms with Crippen LogP contribution in [-0.4, -0.2) is 29.0 Å². The summed E-state index contributed by atoms with van der Waals surface area (Å²) in [5.41, 5.74) is 2.65. The fourth-order valence-electron chi connectivity index (χ4n) is 3.07. The van der Waals surface area contributed by atoms with E-state index in [2.05, 4.69) is 11.1 Å². The van der Waals surface area contributed by atoms with E-state index in [9.17, 15) is 4.79 Å². The molecule has 0 saturated heterocycles. The lowest BCUT2D eigenvalue weighted by molar-refractivity contribution is 0.0759. The van der Waals surface area contributed by atoms with Crippen molar-refractivity contribution in [1.29, 1.82) is 0 Å². The fraction of sp³-hybridized carbons (Fsp3) is 0.174. The zero-order valence-corrected chi connectivity index (χ0v) is 16.6. The van der Waals surface area contributed by atoms with E-state index in [-0.39, 0.29) is 5.91 Å². The van der Waals surface area contributed by atoms with Crippen molar-refractivity contribution in [2.24, 2.45) is 0 Å². The molecule has 28 heavy (non-hydrogen) atoms. The van der Waals surface area contributed by atoms with Gasteiger partial charge in [-0.15, -0.1) is 6.58 Å². The Bertz CT molecular complexity index is 964. The summed E-state index contributed by atoms with van der Waals surface area (Å²) in [6.07, 6.45) is 3.74. The van der Waals surface area contributed by atoms with Crippen molar-refractivity contribution < 1.29 is 9.53 Å². The summed E-state index contributed by atoms with van der Waals surface area (Å²) in [4.78, 5) is 14.8. The summed E-state index contributed by atoms with van der Waals surface area (Å²) in [5.74, 6) is 0.593. The van der Waals surface area contributed by atoms with Crippen LogP contribution >= 0.6 is 11.6 Å². The highest BCUT2D eigenvalue weighted by Crippen LogP contribution is 2.19. The molecule has 0 bridgehead atoms. The minimum atomic E-state index is -0.0655. The number of hydrogen-bond acceptors (Lipinski definition) is 2. The number of amides is 1. The summed E-state index contributed by atoms with van der Waals surface area (Å²) in [6.45, 7) is 5.37. The van der Waals surface area contributed by atoms with Crippen LogP contribution in [-0.2, 0) is 13.1 Å². The number of carbonyl (C=O) groups is 1. The normalized spacial score (nSPS) is 10.5. The van der Waals surface area contributed by atoms with Crippen molar-refractivity contribution in [2.45, 2.75) is 13.1 Å². The zero-order valence-electron chi connectivity index (χ0n) is 15.8. The second kappa shape index (κ2) is 9.29. The van der Waals surface area contributed by atoms with Gasteiger partial charge in [0.2, 0.25) is 0 Å². The smallest absolute Gasteiger partial charge is 0.254 e. The SMILES string of the molecule is C=CCN(Cc1cccn1Cc1ccccc1Cl)C(=O)c1cccc(OC)c1. The molecule has 3 aromatic rings. The summed E-state index contributed by atoms with van der Waals surface area (Å²) in [5, 5.41) is 0.734. The Balaban J connectivity index is 1.81. The number of hydrogen-bond donors (Lipinski definition) is 0. The van der Waals surface area contributed by atoms with E-state index in [0.717, 1.165) is 16.3 Å². The number of ether oxygens (including phenoxy) is 1. The Morgan fingerprint density at radius 1 is 1.18 bits per heavy atom. The second-order valence-corrected chi connectivity index (χ2v) is 6.83. The topological polar surface area (TPSA) is 34.5 Å². The van der Waals surface area contributed by atoms with Crippen LogP contribution in [0.2, 0.25) is 5.02 Å². The first kappa shape index (κ1) is 19.8. The molecule has 0 spiro atoms. The van der Waals surface area contributed by atoms with Crippen LogP contribution < -0.4 is 4.74 Å². The van der Waals surface area contributed by atoms with Gasteiger partial charge < -0.3 is 14.2 Å². The molecule has 0 atom stereocenters. The average molecular weight is 395 g/mol. The summed E-state index contributed by atoms with van der Waals surface area (Å²) < 4.78 is 7.35. The first-order valence-corrected chi connectivity index (χ1v) is 9.42. The third kappa shape index (κ3) is 4.65. The summed E-state index contributed by atoms with van der Waals surface area (Å²) in [6, 6.07) is 19.0. The molecule has 0 aliphatic rings. The largest absolute Gasteiger partial charge is 0.497 e. The lowest BCUT2D eigenvalue weighted by Gasteiger charge is -2.23. The maximum absolute atomic E-state index is 13.0. The van der Waals surface area contributed by atoms with Gasteiger partial charge in [0, 0.05) is 35.6 Å². The van der Waals surface area contributed by atoms with Crippen LogP contribution in [0, 0.1) is 0 Å². The molecule has 5 heteroatoms. The highest BCUT2D eigenvalue weighted by molar-refractivity contribution is 6.31. The molecule has 0 aliphatic heterocycles. The minimum absolute atomic E-state index is 0.0655. The molecule has 0 aliphatic carbocycles. The molecule has 1 aromatic heterocycles. The Morgan fingerprint density at radius 2 is 2.00 bits per heavy atom. The van der Waals surface area contributed by atoms with E-state index >= 15 is 0 Å². The van der Waals surface area contributed by atoms with E-state index in [0.29, 0.717) is 30.9 Å². The van der Waals surface area contributed by atoms with E-state index in [1.54, 1.807) is 30.2 Å². The van der Waals surface area contributed by atoms with Crippen LogP contribution in [0.25, 0.3) is 0 Å².